The van der Waals surface area contributed by atoms with Crippen molar-refractivity contribution < 1.29 is 12.8 Å². The predicted molar refractivity (Wildman–Crippen MR) is 83.9 cm³/mol. The molecule has 3 rings (SSSR count). The summed E-state index contributed by atoms with van der Waals surface area (Å²) in [6, 6.07) is 2.99. The van der Waals surface area contributed by atoms with E-state index in [4.69, 9.17) is 5.73 Å². The average Bonchev–Trinajstić information content (AvgIpc) is 2.80. The molecule has 0 fully saturated rings. The molecule has 1 aromatic carbocycles. The van der Waals surface area contributed by atoms with Gasteiger partial charge in [0.2, 0.25) is 15.8 Å². The molecular formula is C12H10BrFN6O2S. The Morgan fingerprint density at radius 3 is 2.57 bits per heavy atom. The molecule has 0 bridgehead atoms. The number of fused-ring (bicyclic) bond motifs is 1. The Morgan fingerprint density at radius 1 is 1.26 bits per heavy atom. The lowest BCUT2D eigenvalue weighted by Crippen LogP contribution is -2.11. The molecule has 120 valence electrons. The number of rotatable bonds is 2. The van der Waals surface area contributed by atoms with E-state index >= 15 is 0 Å². The molecule has 2 heterocycles. The zero-order chi connectivity index (χ0) is 16.9. The first kappa shape index (κ1) is 15.7. The van der Waals surface area contributed by atoms with Gasteiger partial charge in [-0.25, -0.2) is 12.8 Å². The molecule has 0 unspecified atom stereocenters. The SMILES string of the molecule is Cc1cc(Br)cc(F)c1-c1nc2nc(S(C)(=O)=O)nc(N)n2n1. The topological polar surface area (TPSA) is 116 Å². The molecule has 0 saturated carbocycles. The summed E-state index contributed by atoms with van der Waals surface area (Å²) in [4.78, 5) is 11.6. The molecule has 11 heteroatoms. The minimum absolute atomic E-state index is 0.0409. The van der Waals surface area contributed by atoms with Gasteiger partial charge in [0.1, 0.15) is 5.82 Å². The van der Waals surface area contributed by atoms with E-state index in [1.807, 2.05) is 0 Å². The van der Waals surface area contributed by atoms with Crippen molar-refractivity contribution in [2.45, 2.75) is 12.1 Å². The number of hydrogen-bond acceptors (Lipinski definition) is 7. The van der Waals surface area contributed by atoms with Crippen LogP contribution in [0.3, 0.4) is 0 Å². The summed E-state index contributed by atoms with van der Waals surface area (Å²) in [7, 11) is -3.66. The highest BCUT2D eigenvalue weighted by molar-refractivity contribution is 9.10. The van der Waals surface area contributed by atoms with Crippen LogP contribution in [0.5, 0.6) is 0 Å². The Morgan fingerprint density at radius 2 is 1.96 bits per heavy atom. The number of aryl methyl sites for hydroxylation is 1. The van der Waals surface area contributed by atoms with Gasteiger partial charge in [-0.2, -0.15) is 19.5 Å². The highest BCUT2D eigenvalue weighted by Crippen LogP contribution is 2.27. The number of nitrogens with two attached hydrogens (primary N) is 1. The van der Waals surface area contributed by atoms with Crippen LogP contribution in [0, 0.1) is 12.7 Å². The minimum Gasteiger partial charge on any atom is -0.368 e. The molecule has 0 aliphatic carbocycles. The zero-order valence-corrected chi connectivity index (χ0v) is 14.4. The molecule has 0 aliphatic heterocycles. The van der Waals surface area contributed by atoms with Crippen LogP contribution in [-0.2, 0) is 9.84 Å². The van der Waals surface area contributed by atoms with E-state index < -0.39 is 20.8 Å². The summed E-state index contributed by atoms with van der Waals surface area (Å²) in [5, 5.41) is 3.60. The standard InChI is InChI=1S/C12H10BrFN6O2S/c1-5-3-6(13)4-7(14)8(5)9-16-11-18-12(23(2,21)22)17-10(15)20(11)19-9/h3-4H,1-2H3,(H2,15,16,17,18,19). The van der Waals surface area contributed by atoms with Gasteiger partial charge in [-0.15, -0.1) is 5.10 Å². The normalized spacial score (nSPS) is 12.0. The fourth-order valence-electron chi connectivity index (χ4n) is 2.04. The van der Waals surface area contributed by atoms with Crippen molar-refractivity contribution >= 4 is 37.5 Å². The van der Waals surface area contributed by atoms with Crippen LogP contribution >= 0.6 is 15.9 Å². The second-order valence-electron chi connectivity index (χ2n) is 4.86. The first-order valence-electron chi connectivity index (χ1n) is 6.23. The fourth-order valence-corrected chi connectivity index (χ4v) is 3.09. The van der Waals surface area contributed by atoms with Crippen LogP contribution in [-0.4, -0.2) is 39.2 Å². The maximum absolute atomic E-state index is 14.2. The molecule has 0 saturated heterocycles. The summed E-state index contributed by atoms with van der Waals surface area (Å²) in [5.74, 6) is -0.763. The molecule has 0 atom stereocenters. The molecule has 0 amide bonds. The quantitative estimate of drug-likeness (QED) is 0.690. The Bertz CT molecular complexity index is 1030. The number of nitrogen functional groups attached to an aromatic ring is 1. The molecule has 2 aromatic heterocycles. The molecule has 23 heavy (non-hydrogen) atoms. The predicted octanol–water partition coefficient (Wildman–Crippen LogP) is 1.38. The molecule has 2 N–H and O–H groups in total. The van der Waals surface area contributed by atoms with Crippen molar-refractivity contribution in [1.29, 1.82) is 0 Å². The molecule has 0 aliphatic rings. The molecular weight excluding hydrogens is 391 g/mol. The third kappa shape index (κ3) is 2.77. The van der Waals surface area contributed by atoms with Crippen molar-refractivity contribution in [2.75, 3.05) is 12.0 Å². The monoisotopic (exact) mass is 400 g/mol. The second-order valence-corrected chi connectivity index (χ2v) is 7.69. The Labute approximate surface area is 138 Å². The van der Waals surface area contributed by atoms with E-state index in [0.29, 0.717) is 10.0 Å². The maximum Gasteiger partial charge on any atom is 0.258 e. The van der Waals surface area contributed by atoms with Crippen LogP contribution in [0.2, 0.25) is 0 Å². The van der Waals surface area contributed by atoms with Gasteiger partial charge in [0, 0.05) is 10.7 Å². The number of nitrogens with zero attached hydrogens (tertiary/aromatic N) is 5. The van der Waals surface area contributed by atoms with E-state index in [1.165, 1.54) is 6.07 Å². The van der Waals surface area contributed by atoms with Gasteiger partial charge in [0.25, 0.3) is 10.9 Å². The summed E-state index contributed by atoms with van der Waals surface area (Å²) >= 11 is 3.20. The Balaban J connectivity index is 2.28. The van der Waals surface area contributed by atoms with E-state index in [0.717, 1.165) is 10.8 Å². The summed E-state index contributed by atoms with van der Waals surface area (Å²) in [5.41, 5.74) is 6.47. The highest BCUT2D eigenvalue weighted by Gasteiger charge is 2.20. The van der Waals surface area contributed by atoms with E-state index in [-0.39, 0.29) is 23.1 Å². The van der Waals surface area contributed by atoms with Crippen LogP contribution < -0.4 is 5.73 Å². The van der Waals surface area contributed by atoms with Crippen LogP contribution in [0.4, 0.5) is 10.3 Å². The van der Waals surface area contributed by atoms with Crippen molar-refractivity contribution in [3.8, 4) is 11.4 Å². The minimum atomic E-state index is -3.66. The average molecular weight is 401 g/mol. The summed E-state index contributed by atoms with van der Waals surface area (Å²) in [6.45, 7) is 1.70. The van der Waals surface area contributed by atoms with Crippen molar-refractivity contribution in [3.63, 3.8) is 0 Å². The van der Waals surface area contributed by atoms with Gasteiger partial charge in [-0.1, -0.05) is 15.9 Å². The third-order valence-corrected chi connectivity index (χ3v) is 4.32. The third-order valence-electron chi connectivity index (χ3n) is 3.02. The van der Waals surface area contributed by atoms with Crippen molar-refractivity contribution in [3.05, 3.63) is 28.0 Å². The van der Waals surface area contributed by atoms with Gasteiger partial charge < -0.3 is 5.73 Å². The van der Waals surface area contributed by atoms with Gasteiger partial charge in [-0.05, 0) is 24.6 Å². The molecule has 0 spiro atoms. The van der Waals surface area contributed by atoms with Crippen molar-refractivity contribution in [2.24, 2.45) is 0 Å². The molecule has 8 nitrogen and oxygen atoms in total. The van der Waals surface area contributed by atoms with E-state index in [2.05, 4.69) is 36.0 Å². The van der Waals surface area contributed by atoms with Crippen LogP contribution in [0.15, 0.2) is 21.8 Å². The summed E-state index contributed by atoms with van der Waals surface area (Å²) < 4.78 is 39.0. The highest BCUT2D eigenvalue weighted by atomic mass is 79.9. The lowest BCUT2D eigenvalue weighted by Gasteiger charge is -2.03. The Kier molecular flexibility index (Phi) is 3.56. The number of hydrogen-bond donors (Lipinski definition) is 1. The number of anilines is 1. The fraction of sp³-hybridized carbons (Fsp3) is 0.167. The van der Waals surface area contributed by atoms with Crippen molar-refractivity contribution in [1.82, 2.24) is 24.6 Å². The number of halogens is 2. The number of benzene rings is 1. The molecule has 3 aromatic rings. The lowest BCUT2D eigenvalue weighted by atomic mass is 10.1. The van der Waals surface area contributed by atoms with Gasteiger partial charge in [-0.3, -0.25) is 0 Å². The van der Waals surface area contributed by atoms with Gasteiger partial charge in [0.15, 0.2) is 5.82 Å². The second kappa shape index (κ2) is 5.20. The zero-order valence-electron chi connectivity index (χ0n) is 11.9. The first-order valence-corrected chi connectivity index (χ1v) is 8.91. The van der Waals surface area contributed by atoms with Crippen LogP contribution in [0.25, 0.3) is 17.2 Å². The smallest absolute Gasteiger partial charge is 0.258 e. The van der Waals surface area contributed by atoms with Gasteiger partial charge >= 0.3 is 0 Å². The summed E-state index contributed by atoms with van der Waals surface area (Å²) in [6.07, 6.45) is 0.952. The van der Waals surface area contributed by atoms with Crippen LogP contribution in [0.1, 0.15) is 5.56 Å². The molecule has 0 radical (unpaired) electrons. The first-order chi connectivity index (χ1) is 10.7. The van der Waals surface area contributed by atoms with E-state index in [1.54, 1.807) is 13.0 Å². The number of aromatic nitrogens is 5. The van der Waals surface area contributed by atoms with Gasteiger partial charge in [0.05, 0.1) is 5.56 Å². The maximum atomic E-state index is 14.2. The van der Waals surface area contributed by atoms with E-state index in [9.17, 15) is 12.8 Å². The number of sulfone groups is 1. The largest absolute Gasteiger partial charge is 0.368 e. The Hall–Kier alpha value is -2.14. The lowest BCUT2D eigenvalue weighted by molar-refractivity contribution is 0.592.